The molecule has 1 aromatic heterocycles. The Morgan fingerprint density at radius 2 is 2.50 bits per heavy atom. The molecule has 0 saturated heterocycles. The van der Waals surface area contributed by atoms with Gasteiger partial charge in [-0.1, -0.05) is 11.8 Å². The lowest BCUT2D eigenvalue weighted by Crippen LogP contribution is -1.77. The SMILES string of the molecule is N#Cc1csc(SCCC=C(F)F)n1. The minimum atomic E-state index is -1.65. The number of hydrogen-bond acceptors (Lipinski definition) is 4. The molecule has 0 amide bonds. The molecule has 6 heteroatoms. The lowest BCUT2D eigenvalue weighted by Gasteiger charge is -1.91. The van der Waals surface area contributed by atoms with Crippen LogP contribution in [0.3, 0.4) is 0 Å². The normalized spacial score (nSPS) is 9.50. The molecule has 74 valence electrons. The van der Waals surface area contributed by atoms with Crippen molar-refractivity contribution >= 4 is 23.1 Å². The van der Waals surface area contributed by atoms with Crippen LogP contribution in [0.15, 0.2) is 21.9 Å². The van der Waals surface area contributed by atoms with Gasteiger partial charge in [0.2, 0.25) is 0 Å². The van der Waals surface area contributed by atoms with E-state index in [-0.39, 0.29) is 0 Å². The summed E-state index contributed by atoms with van der Waals surface area (Å²) in [4.78, 5) is 3.96. The monoisotopic (exact) mass is 232 g/mol. The van der Waals surface area contributed by atoms with Gasteiger partial charge < -0.3 is 0 Å². The molecule has 1 aromatic rings. The summed E-state index contributed by atoms with van der Waals surface area (Å²) in [6, 6.07) is 1.91. The smallest absolute Gasteiger partial charge is 0.219 e. The Labute approximate surface area is 88.3 Å². The largest absolute Gasteiger partial charge is 0.266 e. The fraction of sp³-hybridized carbons (Fsp3) is 0.250. The van der Waals surface area contributed by atoms with Gasteiger partial charge in [-0.3, -0.25) is 0 Å². The first-order valence-corrected chi connectivity index (χ1v) is 5.58. The van der Waals surface area contributed by atoms with E-state index in [4.69, 9.17) is 5.26 Å². The van der Waals surface area contributed by atoms with Gasteiger partial charge in [0.25, 0.3) is 6.08 Å². The van der Waals surface area contributed by atoms with Crippen LogP contribution in [0, 0.1) is 11.3 Å². The summed E-state index contributed by atoms with van der Waals surface area (Å²) in [5.41, 5.74) is 0.379. The molecule has 0 N–H and O–H groups in total. The van der Waals surface area contributed by atoms with E-state index in [1.807, 2.05) is 6.07 Å². The van der Waals surface area contributed by atoms with Gasteiger partial charge in [-0.25, -0.2) is 4.98 Å². The van der Waals surface area contributed by atoms with E-state index in [0.29, 0.717) is 17.9 Å². The summed E-state index contributed by atoms with van der Waals surface area (Å²) < 4.78 is 24.0. The summed E-state index contributed by atoms with van der Waals surface area (Å²) in [5, 5.41) is 10.1. The summed E-state index contributed by atoms with van der Waals surface area (Å²) in [7, 11) is 0. The van der Waals surface area contributed by atoms with Crippen molar-refractivity contribution in [1.82, 2.24) is 4.98 Å². The molecule has 0 spiro atoms. The Hall–Kier alpha value is -0.930. The van der Waals surface area contributed by atoms with E-state index >= 15 is 0 Å². The predicted molar refractivity (Wildman–Crippen MR) is 52.5 cm³/mol. The minimum Gasteiger partial charge on any atom is -0.219 e. The van der Waals surface area contributed by atoms with Gasteiger partial charge >= 0.3 is 0 Å². The van der Waals surface area contributed by atoms with E-state index in [1.54, 1.807) is 5.38 Å². The molecular formula is C8H6F2N2S2. The second-order valence-corrected chi connectivity index (χ2v) is 4.44. The maximum absolute atomic E-state index is 11.6. The highest BCUT2D eigenvalue weighted by Crippen LogP contribution is 2.23. The Bertz CT molecular complexity index is 364. The van der Waals surface area contributed by atoms with Crippen molar-refractivity contribution in [3.63, 3.8) is 0 Å². The van der Waals surface area contributed by atoms with Gasteiger partial charge in [0.1, 0.15) is 6.07 Å². The second kappa shape index (κ2) is 5.73. The fourth-order valence-corrected chi connectivity index (χ4v) is 2.40. The molecule has 0 bridgehead atoms. The van der Waals surface area contributed by atoms with E-state index < -0.39 is 6.08 Å². The number of rotatable bonds is 4. The molecule has 0 radical (unpaired) electrons. The number of aromatic nitrogens is 1. The summed E-state index contributed by atoms with van der Waals surface area (Å²) in [6.07, 6.45) is -0.456. The number of nitrogens with zero attached hydrogens (tertiary/aromatic N) is 2. The molecule has 0 fully saturated rings. The minimum absolute atomic E-state index is 0.314. The lowest BCUT2D eigenvalue weighted by molar-refractivity contribution is 0.418. The molecule has 0 aliphatic carbocycles. The van der Waals surface area contributed by atoms with Gasteiger partial charge in [0.05, 0.1) is 0 Å². The number of hydrogen-bond donors (Lipinski definition) is 0. The lowest BCUT2D eigenvalue weighted by atomic mass is 10.5. The van der Waals surface area contributed by atoms with Crippen molar-refractivity contribution in [2.45, 2.75) is 10.8 Å². The van der Waals surface area contributed by atoms with E-state index in [1.165, 1.54) is 23.1 Å². The van der Waals surface area contributed by atoms with Crippen LogP contribution in [0.5, 0.6) is 0 Å². The van der Waals surface area contributed by atoms with Gasteiger partial charge in [-0.05, 0) is 12.5 Å². The molecule has 1 rings (SSSR count). The topological polar surface area (TPSA) is 36.7 Å². The highest BCUT2D eigenvalue weighted by atomic mass is 32.2. The molecule has 14 heavy (non-hydrogen) atoms. The molecule has 0 saturated carbocycles. The van der Waals surface area contributed by atoms with Crippen molar-refractivity contribution < 1.29 is 8.78 Å². The highest BCUT2D eigenvalue weighted by Gasteiger charge is 2.00. The quantitative estimate of drug-likeness (QED) is 0.590. The number of allylic oxidation sites excluding steroid dienone is 1. The molecule has 0 unspecified atom stereocenters. The van der Waals surface area contributed by atoms with E-state index in [9.17, 15) is 8.78 Å². The third-order valence-corrected chi connectivity index (χ3v) is 3.29. The maximum atomic E-state index is 11.6. The van der Waals surface area contributed by atoms with Crippen LogP contribution < -0.4 is 0 Å². The Balaban J connectivity index is 2.32. The number of halogens is 2. The zero-order chi connectivity index (χ0) is 10.4. The van der Waals surface area contributed by atoms with Gasteiger partial charge in [0.15, 0.2) is 10.0 Å². The summed E-state index contributed by atoms with van der Waals surface area (Å²) >= 11 is 2.73. The number of nitriles is 1. The molecular weight excluding hydrogens is 226 g/mol. The van der Waals surface area contributed by atoms with Crippen molar-refractivity contribution in [1.29, 1.82) is 5.26 Å². The third kappa shape index (κ3) is 3.85. The van der Waals surface area contributed by atoms with Gasteiger partial charge in [0, 0.05) is 11.1 Å². The second-order valence-electron chi connectivity index (χ2n) is 2.24. The van der Waals surface area contributed by atoms with Crippen LogP contribution in [0.25, 0.3) is 0 Å². The van der Waals surface area contributed by atoms with E-state index in [2.05, 4.69) is 4.98 Å². The number of thioether (sulfide) groups is 1. The standard InChI is InChI=1S/C8H6F2N2S2/c9-7(10)2-1-3-13-8-12-6(4-11)5-14-8/h2,5H,1,3H2. The van der Waals surface area contributed by atoms with Gasteiger partial charge in [-0.2, -0.15) is 14.0 Å². The van der Waals surface area contributed by atoms with Crippen molar-refractivity contribution in [2.24, 2.45) is 0 Å². The first-order chi connectivity index (χ1) is 6.72. The first-order valence-electron chi connectivity index (χ1n) is 3.72. The molecule has 0 aliphatic heterocycles. The average Bonchev–Trinajstić information content (AvgIpc) is 2.60. The summed E-state index contributed by atoms with van der Waals surface area (Å²) in [6.45, 7) is 0. The zero-order valence-corrected chi connectivity index (χ0v) is 8.67. The Morgan fingerprint density at radius 3 is 3.07 bits per heavy atom. The molecule has 0 aromatic carbocycles. The van der Waals surface area contributed by atoms with Crippen LogP contribution in [0.1, 0.15) is 12.1 Å². The third-order valence-electron chi connectivity index (χ3n) is 1.24. The highest BCUT2D eigenvalue weighted by molar-refractivity contribution is 8.01. The average molecular weight is 232 g/mol. The van der Waals surface area contributed by atoms with Crippen LogP contribution in [0.4, 0.5) is 8.78 Å². The molecule has 1 heterocycles. The van der Waals surface area contributed by atoms with Crippen molar-refractivity contribution in [3.05, 3.63) is 23.2 Å². The van der Waals surface area contributed by atoms with Crippen LogP contribution in [-0.4, -0.2) is 10.7 Å². The van der Waals surface area contributed by atoms with Crippen molar-refractivity contribution in [2.75, 3.05) is 5.75 Å². The van der Waals surface area contributed by atoms with Crippen LogP contribution >= 0.6 is 23.1 Å². The molecule has 2 nitrogen and oxygen atoms in total. The molecule has 0 aliphatic rings. The van der Waals surface area contributed by atoms with Crippen LogP contribution in [-0.2, 0) is 0 Å². The fourth-order valence-electron chi connectivity index (χ4n) is 0.689. The molecule has 0 atom stereocenters. The predicted octanol–water partition coefficient (Wildman–Crippen LogP) is 3.28. The Kier molecular flexibility index (Phi) is 4.56. The van der Waals surface area contributed by atoms with E-state index in [0.717, 1.165) is 10.4 Å². The number of thiazole rings is 1. The van der Waals surface area contributed by atoms with Crippen LogP contribution in [0.2, 0.25) is 0 Å². The Morgan fingerprint density at radius 1 is 1.71 bits per heavy atom. The maximum Gasteiger partial charge on any atom is 0.266 e. The van der Waals surface area contributed by atoms with Crippen molar-refractivity contribution in [3.8, 4) is 6.07 Å². The summed E-state index contributed by atoms with van der Waals surface area (Å²) in [5.74, 6) is 0.551. The first kappa shape index (κ1) is 11.1. The van der Waals surface area contributed by atoms with Gasteiger partial charge in [-0.15, -0.1) is 11.3 Å². The zero-order valence-electron chi connectivity index (χ0n) is 7.04.